The second kappa shape index (κ2) is 4.89. The molecule has 2 atom stereocenters. The topological polar surface area (TPSA) is 63.4 Å². The fourth-order valence-corrected chi connectivity index (χ4v) is 1.57. The van der Waals surface area contributed by atoms with E-state index in [9.17, 15) is 15.2 Å². The first-order valence-corrected chi connectivity index (χ1v) is 4.81. The third kappa shape index (κ3) is 2.76. The Labute approximate surface area is 88.7 Å². The van der Waals surface area contributed by atoms with E-state index < -0.39 is 11.0 Å². The van der Waals surface area contributed by atoms with E-state index in [0.717, 1.165) is 12.0 Å². The molecule has 1 aromatic carbocycles. The molecule has 0 bridgehead atoms. The lowest BCUT2D eigenvalue weighted by Gasteiger charge is -2.17. The molecule has 0 aliphatic carbocycles. The van der Waals surface area contributed by atoms with Gasteiger partial charge in [-0.25, -0.2) is 0 Å². The van der Waals surface area contributed by atoms with E-state index in [1.807, 2.05) is 6.92 Å². The Morgan fingerprint density at radius 2 is 2.00 bits per heavy atom. The van der Waals surface area contributed by atoms with Crippen LogP contribution in [0.5, 0.6) is 0 Å². The van der Waals surface area contributed by atoms with Gasteiger partial charge in [0.2, 0.25) is 0 Å². The molecule has 1 aromatic rings. The Balaban J connectivity index is 2.92. The maximum atomic E-state index is 10.4. The van der Waals surface area contributed by atoms with Crippen molar-refractivity contribution in [1.82, 2.24) is 0 Å². The van der Waals surface area contributed by atoms with Gasteiger partial charge in [0.25, 0.3) is 5.69 Å². The molecule has 0 saturated heterocycles. The van der Waals surface area contributed by atoms with Crippen molar-refractivity contribution in [2.24, 2.45) is 0 Å². The van der Waals surface area contributed by atoms with Crippen LogP contribution in [-0.4, -0.2) is 16.1 Å². The molecule has 4 nitrogen and oxygen atoms in total. The lowest BCUT2D eigenvalue weighted by atomic mass is 9.92. The third-order valence-corrected chi connectivity index (χ3v) is 2.44. The van der Waals surface area contributed by atoms with Gasteiger partial charge in [0.1, 0.15) is 0 Å². The summed E-state index contributed by atoms with van der Waals surface area (Å²) in [6, 6.07) is 6.22. The van der Waals surface area contributed by atoms with Crippen LogP contribution in [0.2, 0.25) is 0 Å². The summed E-state index contributed by atoms with van der Waals surface area (Å²) in [5.74, 6) is -0.0641. The molecule has 0 amide bonds. The summed E-state index contributed by atoms with van der Waals surface area (Å²) >= 11 is 0. The van der Waals surface area contributed by atoms with Crippen molar-refractivity contribution in [3.63, 3.8) is 0 Å². The van der Waals surface area contributed by atoms with Gasteiger partial charge < -0.3 is 5.11 Å². The molecule has 2 unspecified atom stereocenters. The maximum Gasteiger partial charge on any atom is 0.269 e. The molecule has 0 aliphatic heterocycles. The molecule has 0 heterocycles. The van der Waals surface area contributed by atoms with Crippen LogP contribution in [0.3, 0.4) is 0 Å². The predicted molar refractivity (Wildman–Crippen MR) is 57.5 cm³/mol. The van der Waals surface area contributed by atoms with E-state index in [-0.39, 0.29) is 11.6 Å². The first-order chi connectivity index (χ1) is 7.06. The normalized spacial score (nSPS) is 14.6. The summed E-state index contributed by atoms with van der Waals surface area (Å²) in [6.07, 6.45) is 0.0686. The fraction of sp³-hybridized carbons (Fsp3) is 0.364. The Hall–Kier alpha value is -1.42. The molecule has 1 rings (SSSR count). The minimum absolute atomic E-state index is 0.0622. The fourth-order valence-electron chi connectivity index (χ4n) is 1.57. The number of nitrogens with zero attached hydrogens (tertiary/aromatic N) is 1. The van der Waals surface area contributed by atoms with Crippen LogP contribution in [0.25, 0.3) is 0 Å². The number of nitro groups is 1. The predicted octanol–water partition coefficient (Wildman–Crippen LogP) is 2.28. The van der Waals surface area contributed by atoms with Gasteiger partial charge in [0.05, 0.1) is 11.0 Å². The molecule has 0 aliphatic rings. The largest absolute Gasteiger partial charge is 0.392 e. The van der Waals surface area contributed by atoms with Crippen LogP contribution in [-0.2, 0) is 0 Å². The van der Waals surface area contributed by atoms with Crippen LogP contribution < -0.4 is 0 Å². The minimum Gasteiger partial charge on any atom is -0.392 e. The summed E-state index contributed by atoms with van der Waals surface area (Å²) in [7, 11) is 0. The van der Waals surface area contributed by atoms with Gasteiger partial charge >= 0.3 is 0 Å². The Bertz CT molecular complexity index is 332. The molecule has 0 saturated carbocycles. The zero-order chi connectivity index (χ0) is 11.4. The zero-order valence-corrected chi connectivity index (χ0v) is 8.59. The van der Waals surface area contributed by atoms with Gasteiger partial charge in [0, 0.05) is 18.1 Å². The number of rotatable bonds is 4. The molecule has 1 N–H and O–H groups in total. The molecule has 81 valence electrons. The zero-order valence-electron chi connectivity index (χ0n) is 8.59. The van der Waals surface area contributed by atoms with E-state index in [0.29, 0.717) is 0 Å². The third-order valence-electron chi connectivity index (χ3n) is 2.44. The van der Waals surface area contributed by atoms with Crippen LogP contribution in [0.4, 0.5) is 5.69 Å². The molecule has 4 heteroatoms. The number of aliphatic hydroxyl groups is 1. The number of aliphatic hydroxyl groups excluding tert-OH is 1. The van der Waals surface area contributed by atoms with Gasteiger partial charge in [-0.15, -0.1) is 0 Å². The highest BCUT2D eigenvalue weighted by Gasteiger charge is 2.16. The first-order valence-electron chi connectivity index (χ1n) is 4.81. The Morgan fingerprint density at radius 3 is 2.33 bits per heavy atom. The van der Waals surface area contributed by atoms with Crippen LogP contribution in [0.15, 0.2) is 24.3 Å². The molecule has 1 radical (unpaired) electrons. The first kappa shape index (κ1) is 11.7. The molecule has 0 fully saturated rings. The number of hydrogen-bond donors (Lipinski definition) is 1. The smallest absolute Gasteiger partial charge is 0.269 e. The van der Waals surface area contributed by atoms with Crippen molar-refractivity contribution in [2.45, 2.75) is 25.4 Å². The quantitative estimate of drug-likeness (QED) is 0.609. The second-order valence-corrected chi connectivity index (χ2v) is 3.43. The van der Waals surface area contributed by atoms with E-state index >= 15 is 0 Å². The highest BCUT2D eigenvalue weighted by Crippen LogP contribution is 2.24. The Kier molecular flexibility index (Phi) is 3.80. The van der Waals surface area contributed by atoms with Crippen molar-refractivity contribution in [1.29, 1.82) is 0 Å². The van der Waals surface area contributed by atoms with Crippen LogP contribution in [0, 0.1) is 17.0 Å². The number of benzene rings is 1. The van der Waals surface area contributed by atoms with Gasteiger partial charge in [-0.2, -0.15) is 0 Å². The highest BCUT2D eigenvalue weighted by molar-refractivity contribution is 5.34. The number of hydrogen-bond acceptors (Lipinski definition) is 3. The van der Waals surface area contributed by atoms with E-state index in [2.05, 4.69) is 6.92 Å². The van der Waals surface area contributed by atoms with Crippen LogP contribution in [0.1, 0.15) is 24.8 Å². The average Bonchev–Trinajstić information content (AvgIpc) is 2.19. The van der Waals surface area contributed by atoms with Crippen molar-refractivity contribution in [3.8, 4) is 0 Å². The molecule has 15 heavy (non-hydrogen) atoms. The van der Waals surface area contributed by atoms with Gasteiger partial charge in [-0.05, 0) is 18.9 Å². The lowest BCUT2D eigenvalue weighted by Crippen LogP contribution is -2.13. The Morgan fingerprint density at radius 1 is 1.47 bits per heavy atom. The maximum absolute atomic E-state index is 10.4. The SMILES string of the molecule is [CH2]C(O)C(CC)c1ccc([N+](=O)[O-])cc1. The van der Waals surface area contributed by atoms with Crippen LogP contribution >= 0.6 is 0 Å². The molecule has 0 spiro atoms. The van der Waals surface area contributed by atoms with Crippen molar-refractivity contribution in [3.05, 3.63) is 46.9 Å². The second-order valence-electron chi connectivity index (χ2n) is 3.43. The lowest BCUT2D eigenvalue weighted by molar-refractivity contribution is -0.384. The minimum atomic E-state index is -0.684. The number of nitro benzene ring substituents is 1. The van der Waals surface area contributed by atoms with Crippen molar-refractivity contribution < 1.29 is 10.0 Å². The van der Waals surface area contributed by atoms with E-state index in [1.165, 1.54) is 12.1 Å². The molecular weight excluding hydrogens is 194 g/mol. The van der Waals surface area contributed by atoms with E-state index in [1.54, 1.807) is 12.1 Å². The summed E-state index contributed by atoms with van der Waals surface area (Å²) in [5.41, 5.74) is 0.942. The summed E-state index contributed by atoms with van der Waals surface area (Å²) in [5, 5.41) is 19.8. The van der Waals surface area contributed by atoms with Gasteiger partial charge in [0.15, 0.2) is 0 Å². The molecular formula is C11H14NO3. The summed E-state index contributed by atoms with van der Waals surface area (Å²) in [4.78, 5) is 9.99. The summed E-state index contributed by atoms with van der Waals surface area (Å²) in [6.45, 7) is 5.51. The molecule has 0 aromatic heterocycles. The standard InChI is InChI=1S/C11H14NO3/c1-3-11(8(2)13)9-4-6-10(7-5-9)12(14)15/h4-8,11,13H,2-3H2,1H3. The van der Waals surface area contributed by atoms with E-state index in [4.69, 9.17) is 0 Å². The average molecular weight is 208 g/mol. The summed E-state index contributed by atoms with van der Waals surface area (Å²) < 4.78 is 0. The van der Waals surface area contributed by atoms with Crippen molar-refractivity contribution in [2.75, 3.05) is 0 Å². The number of non-ortho nitro benzene ring substituents is 1. The monoisotopic (exact) mass is 208 g/mol. The van der Waals surface area contributed by atoms with Crippen molar-refractivity contribution >= 4 is 5.69 Å². The van der Waals surface area contributed by atoms with Gasteiger partial charge in [-0.1, -0.05) is 19.1 Å². The van der Waals surface area contributed by atoms with Gasteiger partial charge in [-0.3, -0.25) is 10.1 Å². The highest BCUT2D eigenvalue weighted by atomic mass is 16.6.